The highest BCUT2D eigenvalue weighted by molar-refractivity contribution is 7.88. The van der Waals surface area contributed by atoms with Gasteiger partial charge in [-0.05, 0) is 30.5 Å². The van der Waals surface area contributed by atoms with Gasteiger partial charge < -0.3 is 5.11 Å². The van der Waals surface area contributed by atoms with Gasteiger partial charge in [0.2, 0.25) is 10.0 Å². The number of rotatable bonds is 6. The van der Waals surface area contributed by atoms with Crippen molar-refractivity contribution in [1.29, 1.82) is 0 Å². The molecule has 1 aromatic carbocycles. The van der Waals surface area contributed by atoms with E-state index < -0.39 is 16.0 Å². The van der Waals surface area contributed by atoms with E-state index in [1.165, 1.54) is 24.3 Å². The van der Waals surface area contributed by atoms with E-state index in [1.807, 2.05) is 20.8 Å². The van der Waals surface area contributed by atoms with Crippen LogP contribution in [0.25, 0.3) is 0 Å². The first-order valence-corrected chi connectivity index (χ1v) is 7.69. The molecule has 0 aromatic heterocycles. The van der Waals surface area contributed by atoms with Gasteiger partial charge in [-0.25, -0.2) is 17.9 Å². The van der Waals surface area contributed by atoms with E-state index in [2.05, 4.69) is 4.72 Å². The molecule has 0 bridgehead atoms. The van der Waals surface area contributed by atoms with Crippen LogP contribution in [-0.2, 0) is 15.8 Å². The van der Waals surface area contributed by atoms with Crippen molar-refractivity contribution in [2.45, 2.75) is 32.6 Å². The Balaban J connectivity index is 2.75. The third-order valence-electron chi connectivity index (χ3n) is 2.92. The Morgan fingerprint density at radius 2 is 1.74 bits per heavy atom. The minimum atomic E-state index is -3.41. The van der Waals surface area contributed by atoms with Gasteiger partial charge in [0.25, 0.3) is 0 Å². The number of benzene rings is 1. The second-order valence-electron chi connectivity index (χ2n) is 4.91. The Morgan fingerprint density at radius 3 is 2.16 bits per heavy atom. The van der Waals surface area contributed by atoms with E-state index in [1.54, 1.807) is 0 Å². The number of aromatic carboxylic acids is 1. The van der Waals surface area contributed by atoms with Crippen molar-refractivity contribution in [1.82, 2.24) is 4.72 Å². The van der Waals surface area contributed by atoms with Gasteiger partial charge in [0.05, 0.1) is 11.3 Å². The molecule has 0 fully saturated rings. The van der Waals surface area contributed by atoms with E-state index >= 15 is 0 Å². The predicted octanol–water partition coefficient (Wildman–Crippen LogP) is 1.85. The van der Waals surface area contributed by atoms with E-state index in [-0.39, 0.29) is 23.3 Å². The predicted molar refractivity (Wildman–Crippen MR) is 73.5 cm³/mol. The van der Waals surface area contributed by atoms with Crippen LogP contribution in [0.4, 0.5) is 0 Å². The first-order chi connectivity index (χ1) is 8.71. The molecule has 6 heteroatoms. The highest BCUT2D eigenvalue weighted by Crippen LogP contribution is 2.10. The van der Waals surface area contributed by atoms with E-state index in [0.29, 0.717) is 5.56 Å². The summed E-state index contributed by atoms with van der Waals surface area (Å²) >= 11 is 0. The third kappa shape index (κ3) is 5.00. The van der Waals surface area contributed by atoms with Gasteiger partial charge in [-0.2, -0.15) is 0 Å². The minimum Gasteiger partial charge on any atom is -0.478 e. The Hall–Kier alpha value is -1.40. The molecule has 0 aliphatic carbocycles. The minimum absolute atomic E-state index is 0.136. The molecule has 0 saturated heterocycles. The molecule has 2 N–H and O–H groups in total. The molecule has 0 saturated carbocycles. The SMILES string of the molecule is CC(C)C(C)NS(=O)(=O)Cc1ccc(C(=O)O)cc1. The largest absolute Gasteiger partial charge is 0.478 e. The average molecular weight is 285 g/mol. The summed E-state index contributed by atoms with van der Waals surface area (Å²) in [6, 6.07) is 5.70. The molecular weight excluding hydrogens is 266 g/mol. The fraction of sp³-hybridized carbons (Fsp3) is 0.462. The van der Waals surface area contributed by atoms with Crippen LogP contribution in [-0.4, -0.2) is 25.5 Å². The van der Waals surface area contributed by atoms with Crippen molar-refractivity contribution in [3.63, 3.8) is 0 Å². The van der Waals surface area contributed by atoms with Crippen molar-refractivity contribution in [2.75, 3.05) is 0 Å². The van der Waals surface area contributed by atoms with Crippen LogP contribution in [0.2, 0.25) is 0 Å². The van der Waals surface area contributed by atoms with Crippen molar-refractivity contribution >= 4 is 16.0 Å². The molecule has 1 atom stereocenters. The van der Waals surface area contributed by atoms with Crippen LogP contribution in [0.15, 0.2) is 24.3 Å². The summed E-state index contributed by atoms with van der Waals surface area (Å²) in [5.74, 6) is -0.964. The number of hydrogen-bond donors (Lipinski definition) is 2. The van der Waals surface area contributed by atoms with Crippen molar-refractivity contribution in [2.24, 2.45) is 5.92 Å². The van der Waals surface area contributed by atoms with Gasteiger partial charge in [0, 0.05) is 6.04 Å². The van der Waals surface area contributed by atoms with Crippen LogP contribution in [0.1, 0.15) is 36.7 Å². The van der Waals surface area contributed by atoms with Gasteiger partial charge in [-0.15, -0.1) is 0 Å². The monoisotopic (exact) mass is 285 g/mol. The second kappa shape index (κ2) is 6.16. The molecule has 1 rings (SSSR count). The maximum absolute atomic E-state index is 11.9. The number of carboxylic acids is 1. The topological polar surface area (TPSA) is 83.5 Å². The van der Waals surface area contributed by atoms with Gasteiger partial charge in [0.1, 0.15) is 0 Å². The summed E-state index contributed by atoms with van der Waals surface area (Å²) in [5, 5.41) is 8.76. The highest BCUT2D eigenvalue weighted by atomic mass is 32.2. The lowest BCUT2D eigenvalue weighted by Crippen LogP contribution is -2.36. The number of carbonyl (C=O) groups is 1. The fourth-order valence-corrected chi connectivity index (χ4v) is 2.98. The normalized spacial score (nSPS) is 13.5. The summed E-state index contributed by atoms with van der Waals surface area (Å²) in [5.41, 5.74) is 0.707. The van der Waals surface area contributed by atoms with Gasteiger partial charge in [-0.1, -0.05) is 26.0 Å². The zero-order chi connectivity index (χ0) is 14.6. The Kier molecular flexibility index (Phi) is 5.08. The lowest BCUT2D eigenvalue weighted by atomic mass is 10.1. The molecule has 1 unspecified atom stereocenters. The molecule has 0 radical (unpaired) electrons. The maximum atomic E-state index is 11.9. The van der Waals surface area contributed by atoms with Crippen LogP contribution in [0.5, 0.6) is 0 Å². The van der Waals surface area contributed by atoms with E-state index in [0.717, 1.165) is 0 Å². The molecular formula is C13H19NO4S. The first kappa shape index (κ1) is 15.7. The van der Waals surface area contributed by atoms with Crippen molar-refractivity contribution in [3.8, 4) is 0 Å². The summed E-state index contributed by atoms with van der Waals surface area (Å²) in [6.45, 7) is 5.69. The molecule has 5 nitrogen and oxygen atoms in total. The third-order valence-corrected chi connectivity index (χ3v) is 4.37. The van der Waals surface area contributed by atoms with Crippen molar-refractivity contribution < 1.29 is 18.3 Å². The molecule has 19 heavy (non-hydrogen) atoms. The van der Waals surface area contributed by atoms with Crippen LogP contribution >= 0.6 is 0 Å². The van der Waals surface area contributed by atoms with Crippen molar-refractivity contribution in [3.05, 3.63) is 35.4 Å². The van der Waals surface area contributed by atoms with Crippen LogP contribution in [0, 0.1) is 5.92 Å². The summed E-state index contributed by atoms with van der Waals surface area (Å²) in [7, 11) is -3.41. The quantitative estimate of drug-likeness (QED) is 0.835. The number of carboxylic acid groups (broad SMARTS) is 1. The number of hydrogen-bond acceptors (Lipinski definition) is 3. The van der Waals surface area contributed by atoms with E-state index in [9.17, 15) is 13.2 Å². The van der Waals surface area contributed by atoms with Crippen LogP contribution in [0.3, 0.4) is 0 Å². The maximum Gasteiger partial charge on any atom is 0.335 e. The second-order valence-corrected chi connectivity index (χ2v) is 6.67. The average Bonchev–Trinajstić information content (AvgIpc) is 2.28. The lowest BCUT2D eigenvalue weighted by molar-refractivity contribution is 0.0697. The Morgan fingerprint density at radius 1 is 1.21 bits per heavy atom. The Bertz CT molecular complexity index is 534. The molecule has 106 valence electrons. The van der Waals surface area contributed by atoms with E-state index in [4.69, 9.17) is 5.11 Å². The zero-order valence-electron chi connectivity index (χ0n) is 11.3. The Labute approximate surface area is 113 Å². The van der Waals surface area contributed by atoms with Gasteiger partial charge in [0.15, 0.2) is 0 Å². The molecule has 0 aliphatic rings. The summed E-state index contributed by atoms with van der Waals surface area (Å²) < 4.78 is 26.4. The number of sulfonamides is 1. The smallest absolute Gasteiger partial charge is 0.335 e. The lowest BCUT2D eigenvalue weighted by Gasteiger charge is -2.17. The first-order valence-electron chi connectivity index (χ1n) is 6.03. The summed E-state index contributed by atoms with van der Waals surface area (Å²) in [6.07, 6.45) is 0. The summed E-state index contributed by atoms with van der Waals surface area (Å²) in [4.78, 5) is 10.7. The van der Waals surface area contributed by atoms with Gasteiger partial charge in [-0.3, -0.25) is 0 Å². The fourth-order valence-electron chi connectivity index (χ4n) is 1.42. The molecule has 0 heterocycles. The molecule has 1 aromatic rings. The zero-order valence-corrected chi connectivity index (χ0v) is 12.1. The highest BCUT2D eigenvalue weighted by Gasteiger charge is 2.17. The molecule has 0 aliphatic heterocycles. The van der Waals surface area contributed by atoms with Crippen LogP contribution < -0.4 is 4.72 Å². The van der Waals surface area contributed by atoms with Gasteiger partial charge >= 0.3 is 5.97 Å². The molecule has 0 spiro atoms. The molecule has 0 amide bonds. The number of nitrogens with one attached hydrogen (secondary N) is 1. The standard InChI is InChI=1S/C13H19NO4S/c1-9(2)10(3)14-19(17,18)8-11-4-6-12(7-5-11)13(15)16/h4-7,9-10,14H,8H2,1-3H3,(H,15,16).